The summed E-state index contributed by atoms with van der Waals surface area (Å²) in [5.74, 6) is 1.01. The van der Waals surface area contributed by atoms with Crippen molar-refractivity contribution in [2.45, 2.75) is 6.16 Å². The largest absolute Gasteiger partial charge is 1.00 e. The van der Waals surface area contributed by atoms with Crippen molar-refractivity contribution in [1.82, 2.24) is 0 Å². The molecule has 0 atom stereocenters. The molecule has 0 aromatic heterocycles. The van der Waals surface area contributed by atoms with Crippen LogP contribution in [0.4, 0.5) is 0 Å². The molecule has 124 valence electrons. The first kappa shape index (κ1) is 20.1. The van der Waals surface area contributed by atoms with Crippen LogP contribution in [-0.2, 0) is 10.7 Å². The summed E-state index contributed by atoms with van der Waals surface area (Å²) in [6.07, 6.45) is 0.147. The van der Waals surface area contributed by atoms with E-state index in [2.05, 4.69) is 0 Å². The third-order valence-electron chi connectivity index (χ3n) is 3.26. The second kappa shape index (κ2) is 9.47. The molecule has 0 spiro atoms. The number of rotatable bonds is 6. The van der Waals surface area contributed by atoms with Crippen molar-refractivity contribution in [1.29, 1.82) is 0 Å². The molecule has 0 amide bonds. The van der Waals surface area contributed by atoms with Crippen molar-refractivity contribution in [2.24, 2.45) is 0 Å². The van der Waals surface area contributed by atoms with Crippen LogP contribution < -0.4 is 38.6 Å². The normalized spacial score (nSPS) is 10.6. The van der Waals surface area contributed by atoms with E-state index in [-0.39, 0.29) is 37.1 Å². The Labute approximate surface area is 176 Å². The zero-order valence-corrected chi connectivity index (χ0v) is 17.5. The SMILES string of the molecule is O=P(Cc1ccc(Cl)cc1)(Oc1ccccc1)Oc1ccccc1.[H-].[Na+]. The summed E-state index contributed by atoms with van der Waals surface area (Å²) in [4.78, 5) is 0. The molecule has 0 saturated heterocycles. The van der Waals surface area contributed by atoms with E-state index in [4.69, 9.17) is 20.6 Å². The van der Waals surface area contributed by atoms with Crippen LogP contribution in [0.2, 0.25) is 5.02 Å². The number of para-hydroxylation sites is 2. The summed E-state index contributed by atoms with van der Waals surface area (Å²) in [5, 5.41) is 0.626. The van der Waals surface area contributed by atoms with Crippen molar-refractivity contribution in [3.63, 3.8) is 0 Å². The Bertz CT molecular complexity index is 787. The zero-order chi connectivity index (χ0) is 16.8. The van der Waals surface area contributed by atoms with E-state index in [0.717, 1.165) is 5.56 Å². The Morgan fingerprint density at radius 2 is 1.20 bits per heavy atom. The summed E-state index contributed by atoms with van der Waals surface area (Å²) < 4.78 is 24.8. The van der Waals surface area contributed by atoms with E-state index >= 15 is 0 Å². The average molecular weight is 383 g/mol. The van der Waals surface area contributed by atoms with Crippen LogP contribution in [0, 0.1) is 0 Å². The van der Waals surface area contributed by atoms with Crippen LogP contribution >= 0.6 is 19.2 Å². The third kappa shape index (κ3) is 6.22. The molecule has 0 heterocycles. The zero-order valence-electron chi connectivity index (χ0n) is 14.8. The fourth-order valence-electron chi connectivity index (χ4n) is 2.18. The van der Waals surface area contributed by atoms with E-state index in [1.165, 1.54) is 0 Å². The Morgan fingerprint density at radius 3 is 1.64 bits per heavy atom. The molecule has 3 rings (SSSR count). The van der Waals surface area contributed by atoms with Crippen LogP contribution in [0.3, 0.4) is 0 Å². The van der Waals surface area contributed by atoms with E-state index < -0.39 is 7.60 Å². The van der Waals surface area contributed by atoms with Gasteiger partial charge in [-0.05, 0) is 42.0 Å². The molecule has 3 aromatic carbocycles. The van der Waals surface area contributed by atoms with Gasteiger partial charge in [-0.25, -0.2) is 4.57 Å². The molecular weight excluding hydrogens is 366 g/mol. The third-order valence-corrected chi connectivity index (χ3v) is 5.25. The van der Waals surface area contributed by atoms with E-state index in [0.29, 0.717) is 16.5 Å². The molecule has 3 nitrogen and oxygen atoms in total. The maximum absolute atomic E-state index is 13.3. The molecule has 0 bridgehead atoms. The van der Waals surface area contributed by atoms with Gasteiger partial charge in [0.25, 0.3) is 0 Å². The van der Waals surface area contributed by atoms with Gasteiger partial charge >= 0.3 is 37.2 Å². The van der Waals surface area contributed by atoms with Gasteiger partial charge in [0.2, 0.25) is 0 Å². The van der Waals surface area contributed by atoms with Crippen molar-refractivity contribution >= 4 is 19.2 Å². The van der Waals surface area contributed by atoms with Gasteiger partial charge in [0.05, 0.1) is 6.16 Å². The van der Waals surface area contributed by atoms with Crippen molar-refractivity contribution in [3.8, 4) is 11.5 Å². The Morgan fingerprint density at radius 1 is 0.760 bits per heavy atom. The van der Waals surface area contributed by atoms with Gasteiger partial charge in [-0.1, -0.05) is 60.1 Å². The molecule has 0 N–H and O–H groups in total. The summed E-state index contributed by atoms with van der Waals surface area (Å²) in [5.41, 5.74) is 0.828. The Hall–Kier alpha value is -1.22. The van der Waals surface area contributed by atoms with Crippen molar-refractivity contribution < 1.29 is 44.6 Å². The molecule has 0 saturated carbocycles. The van der Waals surface area contributed by atoms with Crippen LogP contribution in [0.25, 0.3) is 0 Å². The quantitative estimate of drug-likeness (QED) is 0.485. The minimum absolute atomic E-state index is 0. The number of hydrogen-bond donors (Lipinski definition) is 0. The Balaban J connectivity index is 0.00000169. The van der Waals surface area contributed by atoms with Gasteiger partial charge in [-0.2, -0.15) is 0 Å². The molecule has 0 unspecified atom stereocenters. The summed E-state index contributed by atoms with van der Waals surface area (Å²) >= 11 is 5.91. The van der Waals surface area contributed by atoms with Crippen molar-refractivity contribution in [3.05, 3.63) is 95.5 Å². The van der Waals surface area contributed by atoms with E-state index in [9.17, 15) is 4.57 Å². The fourth-order valence-corrected chi connectivity index (χ4v) is 4.02. The minimum atomic E-state index is -3.44. The van der Waals surface area contributed by atoms with Gasteiger partial charge in [-0.3, -0.25) is 0 Å². The fraction of sp³-hybridized carbons (Fsp3) is 0.0526. The first-order valence-corrected chi connectivity index (χ1v) is 9.56. The molecule has 0 aliphatic heterocycles. The predicted molar refractivity (Wildman–Crippen MR) is 98.0 cm³/mol. The summed E-state index contributed by atoms with van der Waals surface area (Å²) in [6, 6.07) is 25.2. The average Bonchev–Trinajstić information content (AvgIpc) is 2.58. The second-order valence-electron chi connectivity index (χ2n) is 5.20. The standard InChI is InChI=1S/C19H16ClO3P.Na.H/c20-17-13-11-16(12-14-17)15-24(21,22-18-7-3-1-4-8-18)23-19-9-5-2-6-10-19;;/h1-14H,15H2;;/q;+1;-1. The summed E-state index contributed by atoms with van der Waals surface area (Å²) in [7, 11) is -3.44. The molecule has 0 aliphatic carbocycles. The van der Waals surface area contributed by atoms with Crippen LogP contribution in [0.1, 0.15) is 6.99 Å². The van der Waals surface area contributed by atoms with Crippen molar-refractivity contribution in [2.75, 3.05) is 0 Å². The first-order chi connectivity index (χ1) is 11.6. The summed E-state index contributed by atoms with van der Waals surface area (Å²) in [6.45, 7) is 0. The number of halogens is 1. The molecule has 3 aromatic rings. The van der Waals surface area contributed by atoms with Crippen LogP contribution in [-0.4, -0.2) is 0 Å². The van der Waals surface area contributed by atoms with Crippen LogP contribution in [0.5, 0.6) is 11.5 Å². The van der Waals surface area contributed by atoms with Gasteiger partial charge in [0.15, 0.2) is 0 Å². The minimum Gasteiger partial charge on any atom is -1.00 e. The monoisotopic (exact) mass is 382 g/mol. The van der Waals surface area contributed by atoms with Gasteiger partial charge in [-0.15, -0.1) is 0 Å². The molecule has 0 radical (unpaired) electrons. The predicted octanol–water partition coefficient (Wildman–Crippen LogP) is 3.31. The van der Waals surface area contributed by atoms with Gasteiger partial charge in [0, 0.05) is 5.02 Å². The number of benzene rings is 3. The van der Waals surface area contributed by atoms with Crippen LogP contribution in [0.15, 0.2) is 84.9 Å². The van der Waals surface area contributed by atoms with Gasteiger partial charge < -0.3 is 10.5 Å². The molecular formula is C19H17ClNaO3P. The number of hydrogen-bond acceptors (Lipinski definition) is 3. The second-order valence-corrected chi connectivity index (χ2v) is 7.54. The first-order valence-electron chi connectivity index (χ1n) is 7.46. The van der Waals surface area contributed by atoms with Gasteiger partial charge in [0.1, 0.15) is 11.5 Å². The van der Waals surface area contributed by atoms with E-state index in [1.54, 1.807) is 36.4 Å². The van der Waals surface area contributed by atoms with E-state index in [1.807, 2.05) is 48.5 Å². The Kier molecular flexibility index (Phi) is 7.61. The molecule has 0 fully saturated rings. The molecule has 0 aliphatic rings. The maximum atomic E-state index is 13.3. The molecule has 25 heavy (non-hydrogen) atoms. The maximum Gasteiger partial charge on any atom is 1.00 e. The topological polar surface area (TPSA) is 35.5 Å². The molecule has 6 heteroatoms. The smallest absolute Gasteiger partial charge is 1.00 e.